The summed E-state index contributed by atoms with van der Waals surface area (Å²) >= 11 is 0. The van der Waals surface area contributed by atoms with E-state index in [1.165, 1.54) is 0 Å². The van der Waals surface area contributed by atoms with Gasteiger partial charge in [0.25, 0.3) is 0 Å². The maximum absolute atomic E-state index is 11.2. The van der Waals surface area contributed by atoms with Crippen molar-refractivity contribution in [2.24, 2.45) is 4.99 Å². The molecule has 0 unspecified atom stereocenters. The highest BCUT2D eigenvalue weighted by Gasteiger charge is 2.22. The summed E-state index contributed by atoms with van der Waals surface area (Å²) in [5.74, 6) is -0.00458. The number of allylic oxidation sites excluding steroid dienone is 1. The molecular formula is C11H9NO2. The van der Waals surface area contributed by atoms with Gasteiger partial charge in [-0.05, 0) is 19.1 Å². The molecule has 3 heteroatoms. The number of nitrogens with zero attached hydrogens (tertiary/aromatic N) is 1. The van der Waals surface area contributed by atoms with Gasteiger partial charge in [-0.1, -0.05) is 24.3 Å². The van der Waals surface area contributed by atoms with Crippen LogP contribution in [0.1, 0.15) is 12.5 Å². The molecule has 0 saturated heterocycles. The van der Waals surface area contributed by atoms with Crippen LogP contribution in [0.4, 0.5) is 0 Å². The van der Waals surface area contributed by atoms with E-state index in [9.17, 15) is 4.79 Å². The second kappa shape index (κ2) is 3.46. The first-order chi connectivity index (χ1) is 6.81. The molecule has 0 fully saturated rings. The first-order valence-electron chi connectivity index (χ1n) is 4.34. The van der Waals surface area contributed by atoms with E-state index < -0.39 is 0 Å². The lowest BCUT2D eigenvalue weighted by Gasteiger charge is -1.97. The maximum Gasteiger partial charge on any atom is 0.363 e. The second-order valence-electron chi connectivity index (χ2n) is 2.85. The molecule has 14 heavy (non-hydrogen) atoms. The molecule has 1 aromatic rings. The predicted molar refractivity (Wildman–Crippen MR) is 52.8 cm³/mol. The minimum atomic E-state index is -0.383. The van der Waals surface area contributed by atoms with E-state index >= 15 is 0 Å². The summed E-state index contributed by atoms with van der Waals surface area (Å²) in [6.45, 7) is 1.76. The molecule has 1 heterocycles. The number of rotatable bonds is 1. The quantitative estimate of drug-likeness (QED) is 0.497. The van der Waals surface area contributed by atoms with Crippen LogP contribution in [0.5, 0.6) is 0 Å². The van der Waals surface area contributed by atoms with Gasteiger partial charge in [-0.25, -0.2) is 9.79 Å². The fraction of sp³-hybridized carbons (Fsp3) is 0.0909. The van der Waals surface area contributed by atoms with E-state index in [2.05, 4.69) is 4.99 Å². The molecule has 0 saturated carbocycles. The third-order valence-electron chi connectivity index (χ3n) is 1.91. The van der Waals surface area contributed by atoms with Crippen LogP contribution in [-0.4, -0.2) is 11.9 Å². The number of aliphatic imine (C=N–C) groups is 1. The van der Waals surface area contributed by atoms with Crippen LogP contribution in [0.15, 0.2) is 47.1 Å². The van der Waals surface area contributed by atoms with Crippen molar-refractivity contribution in [1.82, 2.24) is 0 Å². The van der Waals surface area contributed by atoms with Crippen LogP contribution >= 0.6 is 0 Å². The highest BCUT2D eigenvalue weighted by atomic mass is 16.6. The van der Waals surface area contributed by atoms with Gasteiger partial charge in [0.1, 0.15) is 5.70 Å². The molecule has 0 aliphatic carbocycles. The Morgan fingerprint density at radius 2 is 2.00 bits per heavy atom. The van der Waals surface area contributed by atoms with E-state index in [1.54, 1.807) is 13.0 Å². The third-order valence-corrected chi connectivity index (χ3v) is 1.91. The lowest BCUT2D eigenvalue weighted by Crippen LogP contribution is -2.04. The summed E-state index contributed by atoms with van der Waals surface area (Å²) < 4.78 is 4.99. The van der Waals surface area contributed by atoms with Crippen LogP contribution in [0.25, 0.3) is 0 Å². The fourth-order valence-electron chi connectivity index (χ4n) is 1.20. The Labute approximate surface area is 81.7 Å². The number of benzene rings is 1. The topological polar surface area (TPSA) is 38.7 Å². The molecule has 0 N–H and O–H groups in total. The number of hydrogen-bond acceptors (Lipinski definition) is 3. The van der Waals surface area contributed by atoms with Gasteiger partial charge in [0, 0.05) is 5.56 Å². The average Bonchev–Trinajstić information content (AvgIpc) is 2.61. The predicted octanol–water partition coefficient (Wildman–Crippen LogP) is 1.89. The van der Waals surface area contributed by atoms with Crippen molar-refractivity contribution in [3.05, 3.63) is 47.7 Å². The normalized spacial score (nSPS) is 18.2. The molecule has 0 atom stereocenters. The van der Waals surface area contributed by atoms with Gasteiger partial charge in [-0.15, -0.1) is 0 Å². The summed E-state index contributed by atoms with van der Waals surface area (Å²) in [4.78, 5) is 15.2. The lowest BCUT2D eigenvalue weighted by molar-refractivity contribution is -0.130. The zero-order valence-electron chi connectivity index (χ0n) is 7.73. The summed E-state index contributed by atoms with van der Waals surface area (Å²) in [6, 6.07) is 9.35. The maximum atomic E-state index is 11.2. The number of carbonyl (C=O) groups is 1. The van der Waals surface area contributed by atoms with Crippen molar-refractivity contribution < 1.29 is 9.53 Å². The third kappa shape index (κ3) is 1.44. The Kier molecular flexibility index (Phi) is 2.14. The summed E-state index contributed by atoms with van der Waals surface area (Å²) in [7, 11) is 0. The fourth-order valence-corrected chi connectivity index (χ4v) is 1.20. The Bertz CT molecular complexity index is 418. The van der Waals surface area contributed by atoms with Crippen molar-refractivity contribution in [3.63, 3.8) is 0 Å². The smallest absolute Gasteiger partial charge is 0.363 e. The van der Waals surface area contributed by atoms with Gasteiger partial charge < -0.3 is 4.74 Å². The molecule has 2 rings (SSSR count). The van der Waals surface area contributed by atoms with Gasteiger partial charge in [0.05, 0.1) is 0 Å². The van der Waals surface area contributed by atoms with E-state index in [4.69, 9.17) is 4.74 Å². The van der Waals surface area contributed by atoms with Gasteiger partial charge in [0.15, 0.2) is 0 Å². The van der Waals surface area contributed by atoms with Crippen LogP contribution < -0.4 is 0 Å². The minimum Gasteiger partial charge on any atom is -0.402 e. The van der Waals surface area contributed by atoms with Crippen molar-refractivity contribution in [1.29, 1.82) is 0 Å². The van der Waals surface area contributed by atoms with Crippen LogP contribution in [0.2, 0.25) is 0 Å². The van der Waals surface area contributed by atoms with E-state index in [0.717, 1.165) is 5.56 Å². The summed E-state index contributed by atoms with van der Waals surface area (Å²) in [5.41, 5.74) is 1.18. The van der Waals surface area contributed by atoms with E-state index in [0.29, 0.717) is 11.6 Å². The van der Waals surface area contributed by atoms with Gasteiger partial charge in [-0.2, -0.15) is 0 Å². The SMILES string of the molecule is C/C=C1\N=C(c2ccccc2)OC1=O. The Morgan fingerprint density at radius 3 is 2.57 bits per heavy atom. The molecule has 1 aromatic carbocycles. The largest absolute Gasteiger partial charge is 0.402 e. The number of ether oxygens (including phenoxy) is 1. The molecule has 0 spiro atoms. The van der Waals surface area contributed by atoms with Crippen LogP contribution in [0, 0.1) is 0 Å². The number of esters is 1. The summed E-state index contributed by atoms with van der Waals surface area (Å²) in [6.07, 6.45) is 1.64. The Morgan fingerprint density at radius 1 is 1.29 bits per heavy atom. The monoisotopic (exact) mass is 187 g/mol. The molecule has 70 valence electrons. The van der Waals surface area contributed by atoms with Crippen molar-refractivity contribution in [2.45, 2.75) is 6.92 Å². The van der Waals surface area contributed by atoms with Crippen LogP contribution in [0.3, 0.4) is 0 Å². The zero-order chi connectivity index (χ0) is 9.97. The molecule has 0 amide bonds. The van der Waals surface area contributed by atoms with Crippen molar-refractivity contribution in [3.8, 4) is 0 Å². The lowest BCUT2D eigenvalue weighted by atomic mass is 10.2. The van der Waals surface area contributed by atoms with Crippen molar-refractivity contribution >= 4 is 11.9 Å². The van der Waals surface area contributed by atoms with Crippen LogP contribution in [-0.2, 0) is 9.53 Å². The highest BCUT2D eigenvalue weighted by Crippen LogP contribution is 2.15. The summed E-state index contributed by atoms with van der Waals surface area (Å²) in [5, 5.41) is 0. The van der Waals surface area contributed by atoms with Gasteiger partial charge in [0.2, 0.25) is 5.90 Å². The second-order valence-corrected chi connectivity index (χ2v) is 2.85. The van der Waals surface area contributed by atoms with E-state index in [-0.39, 0.29) is 5.97 Å². The molecule has 0 bridgehead atoms. The number of cyclic esters (lactones) is 1. The molecule has 1 aliphatic heterocycles. The minimum absolute atomic E-state index is 0.365. The molecule has 1 aliphatic rings. The standard InChI is InChI=1S/C11H9NO2/c1-2-9-11(13)14-10(12-9)8-6-4-3-5-7-8/h2-7H,1H3/b9-2-. The number of hydrogen-bond donors (Lipinski definition) is 0. The first kappa shape index (κ1) is 8.69. The molecular weight excluding hydrogens is 178 g/mol. The number of carbonyl (C=O) groups excluding carboxylic acids is 1. The zero-order valence-corrected chi connectivity index (χ0v) is 7.73. The van der Waals surface area contributed by atoms with Gasteiger partial charge in [-0.3, -0.25) is 0 Å². The highest BCUT2D eigenvalue weighted by molar-refractivity contribution is 6.10. The molecule has 3 nitrogen and oxygen atoms in total. The van der Waals surface area contributed by atoms with E-state index in [1.807, 2.05) is 30.3 Å². The average molecular weight is 187 g/mol. The van der Waals surface area contributed by atoms with Crippen molar-refractivity contribution in [2.75, 3.05) is 0 Å². The Hall–Kier alpha value is -1.90. The molecule has 0 radical (unpaired) electrons. The van der Waals surface area contributed by atoms with Gasteiger partial charge >= 0.3 is 5.97 Å². The first-order valence-corrected chi connectivity index (χ1v) is 4.34. The molecule has 0 aromatic heterocycles. The Balaban J connectivity index is 2.36.